The molecule has 0 spiro atoms. The van der Waals surface area contributed by atoms with Gasteiger partial charge in [0.05, 0.1) is 6.10 Å². The Bertz CT molecular complexity index is 383. The molecule has 0 aliphatic carbocycles. The fourth-order valence-electron chi connectivity index (χ4n) is 2.23. The first kappa shape index (κ1) is 13.3. The summed E-state index contributed by atoms with van der Waals surface area (Å²) in [5.74, 6) is 0.818. The molecule has 1 unspecified atom stereocenters. The number of likely N-dealkylation sites (tertiary alicyclic amines) is 1. The fourth-order valence-corrected chi connectivity index (χ4v) is 2.23. The largest absolute Gasteiger partial charge is 0.491 e. The van der Waals surface area contributed by atoms with Crippen LogP contribution in [0.3, 0.4) is 0 Å². The Morgan fingerprint density at radius 2 is 2.22 bits per heavy atom. The van der Waals surface area contributed by atoms with Gasteiger partial charge in [0.1, 0.15) is 18.5 Å². The lowest BCUT2D eigenvalue weighted by Crippen LogP contribution is -2.34. The van der Waals surface area contributed by atoms with Crippen molar-refractivity contribution in [3.05, 3.63) is 29.8 Å². The van der Waals surface area contributed by atoms with Crippen molar-refractivity contribution in [1.82, 2.24) is 4.90 Å². The molecule has 2 atom stereocenters. The van der Waals surface area contributed by atoms with E-state index in [0.29, 0.717) is 13.1 Å². The van der Waals surface area contributed by atoms with Crippen LogP contribution in [0.25, 0.3) is 0 Å². The first-order chi connectivity index (χ1) is 8.65. The summed E-state index contributed by atoms with van der Waals surface area (Å²) < 4.78 is 5.60. The standard InChI is InChI=1S/C14H21NO3/c1-11-4-2-3-5-14(11)18-10-13(17)9-15-7-6-12(16)8-15/h2-5,12-13,16-17H,6-10H2,1H3/t12-,13?/m1/s1. The summed E-state index contributed by atoms with van der Waals surface area (Å²) in [5, 5.41) is 19.3. The number of aryl methyl sites for hydroxylation is 1. The molecule has 0 bridgehead atoms. The molecule has 100 valence electrons. The van der Waals surface area contributed by atoms with Gasteiger partial charge in [-0.3, -0.25) is 4.90 Å². The molecule has 1 aliphatic heterocycles. The zero-order valence-electron chi connectivity index (χ0n) is 10.7. The van der Waals surface area contributed by atoms with E-state index in [2.05, 4.69) is 4.90 Å². The quantitative estimate of drug-likeness (QED) is 0.813. The Labute approximate surface area is 108 Å². The summed E-state index contributed by atoms with van der Waals surface area (Å²) in [5.41, 5.74) is 1.07. The minimum atomic E-state index is -0.519. The van der Waals surface area contributed by atoms with Gasteiger partial charge < -0.3 is 14.9 Å². The Balaban J connectivity index is 1.75. The van der Waals surface area contributed by atoms with Crippen LogP contribution in [0.2, 0.25) is 0 Å². The van der Waals surface area contributed by atoms with E-state index in [0.717, 1.165) is 24.3 Å². The molecule has 1 saturated heterocycles. The average Bonchev–Trinajstić information content (AvgIpc) is 2.74. The molecule has 0 saturated carbocycles. The highest BCUT2D eigenvalue weighted by molar-refractivity contribution is 5.31. The van der Waals surface area contributed by atoms with Gasteiger partial charge in [-0.05, 0) is 25.0 Å². The first-order valence-corrected chi connectivity index (χ1v) is 6.42. The van der Waals surface area contributed by atoms with E-state index in [4.69, 9.17) is 4.74 Å². The van der Waals surface area contributed by atoms with Gasteiger partial charge in [0.25, 0.3) is 0 Å². The van der Waals surface area contributed by atoms with Gasteiger partial charge in [0, 0.05) is 19.6 Å². The number of aliphatic hydroxyl groups is 2. The van der Waals surface area contributed by atoms with E-state index < -0.39 is 6.10 Å². The van der Waals surface area contributed by atoms with Crippen LogP contribution in [-0.4, -0.2) is 53.6 Å². The minimum Gasteiger partial charge on any atom is -0.491 e. The van der Waals surface area contributed by atoms with Crippen molar-refractivity contribution in [3.63, 3.8) is 0 Å². The zero-order valence-corrected chi connectivity index (χ0v) is 10.7. The van der Waals surface area contributed by atoms with Crippen molar-refractivity contribution >= 4 is 0 Å². The highest BCUT2D eigenvalue weighted by Gasteiger charge is 2.22. The number of β-amino-alcohol motifs (C(OH)–C–C–N with tert-alkyl or cyclic N) is 2. The normalized spacial score (nSPS) is 22.1. The predicted molar refractivity (Wildman–Crippen MR) is 69.7 cm³/mol. The van der Waals surface area contributed by atoms with E-state index in [-0.39, 0.29) is 12.7 Å². The molecule has 1 aliphatic rings. The predicted octanol–water partition coefficient (Wildman–Crippen LogP) is 0.801. The van der Waals surface area contributed by atoms with Crippen LogP contribution in [0.4, 0.5) is 0 Å². The maximum Gasteiger partial charge on any atom is 0.122 e. The highest BCUT2D eigenvalue weighted by atomic mass is 16.5. The molecule has 2 N–H and O–H groups in total. The van der Waals surface area contributed by atoms with Crippen LogP contribution >= 0.6 is 0 Å². The monoisotopic (exact) mass is 251 g/mol. The molecule has 0 aromatic heterocycles. The van der Waals surface area contributed by atoms with Crippen molar-refractivity contribution in [2.75, 3.05) is 26.2 Å². The van der Waals surface area contributed by atoms with Gasteiger partial charge in [-0.2, -0.15) is 0 Å². The summed E-state index contributed by atoms with van der Waals surface area (Å²) in [6.07, 6.45) is 0.0372. The molecule has 4 heteroatoms. The Morgan fingerprint density at radius 1 is 1.44 bits per heavy atom. The van der Waals surface area contributed by atoms with Crippen molar-refractivity contribution in [1.29, 1.82) is 0 Å². The lowest BCUT2D eigenvalue weighted by molar-refractivity contribution is 0.0705. The number of ether oxygens (including phenoxy) is 1. The van der Waals surface area contributed by atoms with Crippen molar-refractivity contribution in [3.8, 4) is 5.75 Å². The van der Waals surface area contributed by atoms with E-state index >= 15 is 0 Å². The van der Waals surface area contributed by atoms with Crippen LogP contribution in [0, 0.1) is 6.92 Å². The molecule has 1 aromatic rings. The number of benzene rings is 1. The van der Waals surface area contributed by atoms with E-state index in [1.807, 2.05) is 31.2 Å². The maximum atomic E-state index is 9.90. The summed E-state index contributed by atoms with van der Waals surface area (Å²) in [7, 11) is 0. The first-order valence-electron chi connectivity index (χ1n) is 6.42. The van der Waals surface area contributed by atoms with Crippen molar-refractivity contribution in [2.24, 2.45) is 0 Å². The van der Waals surface area contributed by atoms with Gasteiger partial charge in [0.15, 0.2) is 0 Å². The van der Waals surface area contributed by atoms with Gasteiger partial charge in [-0.15, -0.1) is 0 Å². The second-order valence-electron chi connectivity index (χ2n) is 4.93. The zero-order chi connectivity index (χ0) is 13.0. The summed E-state index contributed by atoms with van der Waals surface area (Å²) in [6.45, 7) is 4.34. The minimum absolute atomic E-state index is 0.241. The van der Waals surface area contributed by atoms with Crippen LogP contribution in [0.5, 0.6) is 5.75 Å². The number of aliphatic hydroxyl groups excluding tert-OH is 2. The van der Waals surface area contributed by atoms with Crippen LogP contribution < -0.4 is 4.74 Å². The molecular weight excluding hydrogens is 230 g/mol. The molecule has 0 radical (unpaired) electrons. The molecular formula is C14H21NO3. The molecule has 4 nitrogen and oxygen atoms in total. The number of rotatable bonds is 5. The smallest absolute Gasteiger partial charge is 0.122 e. The Kier molecular flexibility index (Phi) is 4.58. The third kappa shape index (κ3) is 3.70. The molecule has 1 fully saturated rings. The van der Waals surface area contributed by atoms with E-state index in [1.165, 1.54) is 0 Å². The summed E-state index contributed by atoms with van der Waals surface area (Å²) in [6, 6.07) is 7.77. The van der Waals surface area contributed by atoms with E-state index in [9.17, 15) is 10.2 Å². The molecule has 18 heavy (non-hydrogen) atoms. The number of hydrogen-bond donors (Lipinski definition) is 2. The van der Waals surface area contributed by atoms with Gasteiger partial charge >= 0.3 is 0 Å². The van der Waals surface area contributed by atoms with Crippen LogP contribution in [0.15, 0.2) is 24.3 Å². The molecule has 1 heterocycles. The van der Waals surface area contributed by atoms with Gasteiger partial charge in [-0.25, -0.2) is 0 Å². The summed E-state index contributed by atoms with van der Waals surface area (Å²) in [4.78, 5) is 2.07. The van der Waals surface area contributed by atoms with Crippen LogP contribution in [-0.2, 0) is 0 Å². The number of para-hydroxylation sites is 1. The molecule has 0 amide bonds. The maximum absolute atomic E-state index is 9.90. The Morgan fingerprint density at radius 3 is 2.89 bits per heavy atom. The van der Waals surface area contributed by atoms with E-state index in [1.54, 1.807) is 0 Å². The van der Waals surface area contributed by atoms with Gasteiger partial charge in [0.2, 0.25) is 0 Å². The highest BCUT2D eigenvalue weighted by Crippen LogP contribution is 2.16. The number of nitrogens with zero attached hydrogens (tertiary/aromatic N) is 1. The fraction of sp³-hybridized carbons (Fsp3) is 0.571. The summed E-state index contributed by atoms with van der Waals surface area (Å²) >= 11 is 0. The SMILES string of the molecule is Cc1ccccc1OCC(O)CN1CC[C@@H](O)C1. The lowest BCUT2D eigenvalue weighted by Gasteiger charge is -2.20. The molecule has 2 rings (SSSR count). The third-order valence-corrected chi connectivity index (χ3v) is 3.24. The van der Waals surface area contributed by atoms with Crippen LogP contribution in [0.1, 0.15) is 12.0 Å². The Hall–Kier alpha value is -1.10. The average molecular weight is 251 g/mol. The second-order valence-corrected chi connectivity index (χ2v) is 4.93. The van der Waals surface area contributed by atoms with Crippen molar-refractivity contribution in [2.45, 2.75) is 25.6 Å². The van der Waals surface area contributed by atoms with Gasteiger partial charge in [-0.1, -0.05) is 18.2 Å². The van der Waals surface area contributed by atoms with Crippen molar-refractivity contribution < 1.29 is 14.9 Å². The molecule has 1 aromatic carbocycles. The topological polar surface area (TPSA) is 52.9 Å². The number of hydrogen-bond acceptors (Lipinski definition) is 4. The lowest BCUT2D eigenvalue weighted by atomic mass is 10.2. The third-order valence-electron chi connectivity index (χ3n) is 3.24. The second kappa shape index (κ2) is 6.18.